The molecular formula is C27H22IN3O9S2. The van der Waals surface area contributed by atoms with Gasteiger partial charge in [-0.1, -0.05) is 18.2 Å². The number of halogens is 1. The van der Waals surface area contributed by atoms with E-state index in [2.05, 4.69) is 5.32 Å². The Morgan fingerprint density at radius 2 is 1.83 bits per heavy atom. The summed E-state index contributed by atoms with van der Waals surface area (Å²) in [6.07, 6.45) is 1.45. The van der Waals surface area contributed by atoms with Crippen LogP contribution in [0.2, 0.25) is 0 Å². The summed E-state index contributed by atoms with van der Waals surface area (Å²) < 4.78 is 37.5. The summed E-state index contributed by atoms with van der Waals surface area (Å²) >= 11 is 2.56. The van der Waals surface area contributed by atoms with Gasteiger partial charge in [0.05, 0.1) is 26.6 Å². The number of nitro groups is 1. The zero-order chi connectivity index (χ0) is 30.6. The monoisotopic (exact) mass is 723 g/mol. The Balaban J connectivity index is 1.60. The summed E-state index contributed by atoms with van der Waals surface area (Å²) in [5.41, 5.74) is 0.864. The molecule has 3 aromatic rings. The SMILES string of the molecule is CCOc1cc(/C=C2\SC(=O)N(Cc3ccccc3[N+](=O)[O-])C2=O)cc(I)c1OS(=O)(=O)c1ccc(NC(C)=O)cc1. The van der Waals surface area contributed by atoms with Crippen LogP contribution in [0.3, 0.4) is 0 Å². The van der Waals surface area contributed by atoms with Crippen molar-refractivity contribution in [1.29, 1.82) is 0 Å². The molecule has 0 saturated carbocycles. The van der Waals surface area contributed by atoms with E-state index >= 15 is 0 Å². The number of anilines is 1. The number of rotatable bonds is 10. The predicted octanol–water partition coefficient (Wildman–Crippen LogP) is 5.56. The molecule has 1 N–H and O–H groups in total. The molecule has 0 atom stereocenters. The van der Waals surface area contributed by atoms with Crippen molar-refractivity contribution in [3.63, 3.8) is 0 Å². The van der Waals surface area contributed by atoms with Crippen molar-refractivity contribution in [2.45, 2.75) is 25.3 Å². The Morgan fingerprint density at radius 1 is 1.14 bits per heavy atom. The Bertz CT molecular complexity index is 1730. The van der Waals surface area contributed by atoms with E-state index in [0.717, 1.165) is 4.90 Å². The van der Waals surface area contributed by atoms with E-state index in [1.54, 1.807) is 19.1 Å². The highest BCUT2D eigenvalue weighted by Gasteiger charge is 2.36. The lowest BCUT2D eigenvalue weighted by Crippen LogP contribution is -2.27. The maximum absolute atomic E-state index is 13.1. The van der Waals surface area contributed by atoms with Gasteiger partial charge in [0.25, 0.3) is 16.8 Å². The van der Waals surface area contributed by atoms with Crippen molar-refractivity contribution in [3.05, 3.63) is 90.4 Å². The normalized spacial score (nSPS) is 14.3. The third kappa shape index (κ3) is 7.08. The van der Waals surface area contributed by atoms with Crippen LogP contribution >= 0.6 is 34.4 Å². The van der Waals surface area contributed by atoms with Crippen molar-refractivity contribution in [3.8, 4) is 11.5 Å². The summed E-state index contributed by atoms with van der Waals surface area (Å²) in [7, 11) is -4.29. The van der Waals surface area contributed by atoms with Crippen LogP contribution in [-0.4, -0.2) is 41.9 Å². The minimum atomic E-state index is -4.29. The van der Waals surface area contributed by atoms with Crippen molar-refractivity contribution >= 4 is 79.0 Å². The predicted molar refractivity (Wildman–Crippen MR) is 163 cm³/mol. The lowest BCUT2D eigenvalue weighted by Gasteiger charge is -2.15. The second-order valence-electron chi connectivity index (χ2n) is 8.66. The molecule has 218 valence electrons. The van der Waals surface area contributed by atoms with E-state index < -0.39 is 26.2 Å². The molecule has 0 spiro atoms. The number of carbonyl (C=O) groups is 3. The Kier molecular flexibility index (Phi) is 9.53. The molecule has 1 aliphatic rings. The molecule has 15 heteroatoms. The van der Waals surface area contributed by atoms with Crippen LogP contribution in [-0.2, 0) is 26.3 Å². The van der Waals surface area contributed by atoms with Crippen LogP contribution in [0.1, 0.15) is 25.0 Å². The molecular weight excluding hydrogens is 701 g/mol. The number of nitrogens with zero attached hydrogens (tertiary/aromatic N) is 2. The Labute approximate surface area is 258 Å². The molecule has 4 rings (SSSR count). The second kappa shape index (κ2) is 12.9. The van der Waals surface area contributed by atoms with Crippen molar-refractivity contribution in [2.24, 2.45) is 0 Å². The number of ether oxygens (including phenoxy) is 1. The van der Waals surface area contributed by atoms with Crippen LogP contribution in [0, 0.1) is 13.7 Å². The molecule has 0 aromatic heterocycles. The van der Waals surface area contributed by atoms with Crippen molar-refractivity contribution in [1.82, 2.24) is 4.90 Å². The van der Waals surface area contributed by atoms with Crippen LogP contribution < -0.4 is 14.2 Å². The number of nitrogens with one attached hydrogen (secondary N) is 1. The largest absolute Gasteiger partial charge is 0.490 e. The van der Waals surface area contributed by atoms with E-state index in [1.807, 2.05) is 22.6 Å². The minimum Gasteiger partial charge on any atom is -0.490 e. The zero-order valence-electron chi connectivity index (χ0n) is 22.0. The third-order valence-corrected chi connectivity index (χ3v) is 8.62. The van der Waals surface area contributed by atoms with Gasteiger partial charge in [0, 0.05) is 24.2 Å². The van der Waals surface area contributed by atoms with Crippen molar-refractivity contribution in [2.75, 3.05) is 11.9 Å². The van der Waals surface area contributed by atoms with Gasteiger partial charge in [0.1, 0.15) is 4.90 Å². The van der Waals surface area contributed by atoms with E-state index in [0.29, 0.717) is 26.6 Å². The molecule has 42 heavy (non-hydrogen) atoms. The van der Waals surface area contributed by atoms with Crippen LogP contribution in [0.25, 0.3) is 6.08 Å². The zero-order valence-corrected chi connectivity index (χ0v) is 25.8. The number of nitro benzene ring substituents is 1. The molecule has 1 saturated heterocycles. The number of hydrogen-bond donors (Lipinski definition) is 1. The first-order chi connectivity index (χ1) is 19.9. The summed E-state index contributed by atoms with van der Waals surface area (Å²) in [4.78, 5) is 48.6. The molecule has 1 fully saturated rings. The first kappa shape index (κ1) is 31.0. The van der Waals surface area contributed by atoms with Gasteiger partial charge in [-0.05, 0) is 89.3 Å². The molecule has 0 unspecified atom stereocenters. The van der Waals surface area contributed by atoms with E-state index in [4.69, 9.17) is 8.92 Å². The molecule has 3 aromatic carbocycles. The standard InChI is InChI=1S/C27H22IN3O9S2/c1-3-39-23-13-17(12-21(28)25(23)40-42(37,38)20-10-8-19(9-11-20)29-16(2)32)14-24-26(33)30(27(34)41-24)15-18-6-4-5-7-22(18)31(35)36/h4-14H,3,15H2,1-2H3,(H,29,32)/b24-14-. The summed E-state index contributed by atoms with van der Waals surface area (Å²) in [5, 5.41) is 13.3. The number of amides is 3. The molecule has 0 radical (unpaired) electrons. The maximum Gasteiger partial charge on any atom is 0.339 e. The highest BCUT2D eigenvalue weighted by molar-refractivity contribution is 14.1. The number of carbonyl (C=O) groups excluding carboxylic acids is 3. The van der Waals surface area contributed by atoms with Gasteiger partial charge in [-0.2, -0.15) is 8.42 Å². The topological polar surface area (TPSA) is 162 Å². The highest BCUT2D eigenvalue weighted by Crippen LogP contribution is 2.39. The lowest BCUT2D eigenvalue weighted by atomic mass is 10.1. The average molecular weight is 724 g/mol. The molecule has 3 amide bonds. The molecule has 0 bridgehead atoms. The molecule has 1 heterocycles. The van der Waals surface area contributed by atoms with Gasteiger partial charge in [0.15, 0.2) is 11.5 Å². The third-order valence-electron chi connectivity index (χ3n) is 5.68. The quantitative estimate of drug-likeness (QED) is 0.0922. The first-order valence-electron chi connectivity index (χ1n) is 12.2. The Hall–Kier alpha value is -3.96. The number of para-hydroxylation sites is 1. The number of thioether (sulfide) groups is 1. The maximum atomic E-state index is 13.1. The van der Waals surface area contributed by atoms with Gasteiger partial charge >= 0.3 is 10.1 Å². The van der Waals surface area contributed by atoms with Gasteiger partial charge < -0.3 is 14.2 Å². The van der Waals surface area contributed by atoms with Crippen molar-refractivity contribution < 1.29 is 36.6 Å². The van der Waals surface area contributed by atoms with Crippen LogP contribution in [0.5, 0.6) is 11.5 Å². The van der Waals surface area contributed by atoms with Crippen LogP contribution in [0.4, 0.5) is 16.2 Å². The fraction of sp³-hybridized carbons (Fsp3) is 0.148. The minimum absolute atomic E-state index is 0.0648. The number of hydrogen-bond acceptors (Lipinski definition) is 10. The van der Waals surface area contributed by atoms with E-state index in [9.17, 15) is 32.9 Å². The fourth-order valence-corrected chi connectivity index (χ4v) is 6.54. The summed E-state index contributed by atoms with van der Waals surface area (Å²) in [6, 6.07) is 14.3. The van der Waals surface area contributed by atoms with E-state index in [-0.39, 0.29) is 51.6 Å². The molecule has 1 aliphatic heterocycles. The Morgan fingerprint density at radius 3 is 2.48 bits per heavy atom. The van der Waals surface area contributed by atoms with Gasteiger partial charge in [-0.3, -0.25) is 29.4 Å². The molecule has 12 nitrogen and oxygen atoms in total. The van der Waals surface area contributed by atoms with Crippen LogP contribution in [0.15, 0.2) is 70.5 Å². The summed E-state index contributed by atoms with van der Waals surface area (Å²) in [5.74, 6) is -0.900. The fourth-order valence-electron chi connectivity index (χ4n) is 3.86. The van der Waals surface area contributed by atoms with Gasteiger partial charge in [-0.25, -0.2) is 0 Å². The average Bonchev–Trinajstić information content (AvgIpc) is 3.18. The first-order valence-corrected chi connectivity index (χ1v) is 15.5. The second-order valence-corrected chi connectivity index (χ2v) is 12.4. The molecule has 0 aliphatic carbocycles. The van der Waals surface area contributed by atoms with Gasteiger partial charge in [0.2, 0.25) is 5.91 Å². The smallest absolute Gasteiger partial charge is 0.339 e. The number of benzene rings is 3. The number of imide groups is 1. The summed E-state index contributed by atoms with van der Waals surface area (Å²) in [6.45, 7) is 2.94. The van der Waals surface area contributed by atoms with E-state index in [1.165, 1.54) is 61.5 Å². The van der Waals surface area contributed by atoms with Gasteiger partial charge in [-0.15, -0.1) is 0 Å². The highest BCUT2D eigenvalue weighted by atomic mass is 127. The lowest BCUT2D eigenvalue weighted by molar-refractivity contribution is -0.385.